The molecule has 2 N–H and O–H groups in total. The summed E-state index contributed by atoms with van der Waals surface area (Å²) in [5, 5.41) is 6.67. The summed E-state index contributed by atoms with van der Waals surface area (Å²) in [5.41, 5.74) is 1.86. The quantitative estimate of drug-likeness (QED) is 0.360. The third kappa shape index (κ3) is 8.80. The molecule has 0 fully saturated rings. The van der Waals surface area contributed by atoms with Crippen molar-refractivity contribution < 1.29 is 4.79 Å². The highest BCUT2D eigenvalue weighted by atomic mass is 127. The molecule has 1 aromatic carbocycles. The first-order valence-electron chi connectivity index (χ1n) is 8.09. The summed E-state index contributed by atoms with van der Waals surface area (Å²) >= 11 is 1.83. The van der Waals surface area contributed by atoms with Crippen LogP contribution in [0, 0.1) is 0 Å². The Labute approximate surface area is 173 Å². The van der Waals surface area contributed by atoms with Crippen LogP contribution >= 0.6 is 35.7 Å². The Bertz CT molecular complexity index is 576. The molecular formula is C18H31IN4OS. The molecule has 0 saturated carbocycles. The van der Waals surface area contributed by atoms with Gasteiger partial charge in [0.05, 0.1) is 0 Å². The summed E-state index contributed by atoms with van der Waals surface area (Å²) in [4.78, 5) is 17.9. The molecule has 1 amide bonds. The maximum Gasteiger partial charge on any atom is 0.253 e. The number of hydrogen-bond donors (Lipinski definition) is 2. The standard InChI is InChI=1S/C18H30N4OS.HI/c1-18(2,24-6)13-21-17(19-3)20-11-10-14-8-7-9-15(12-14)16(23)22(4)5;/h7-9,12H,10-11,13H2,1-6H3,(H2,19,20,21);1H. The Morgan fingerprint density at radius 3 is 2.52 bits per heavy atom. The summed E-state index contributed by atoms with van der Waals surface area (Å²) in [7, 11) is 5.31. The van der Waals surface area contributed by atoms with Gasteiger partial charge in [0.25, 0.3) is 5.91 Å². The number of nitrogens with one attached hydrogen (secondary N) is 2. The van der Waals surface area contributed by atoms with Crippen molar-refractivity contribution in [1.29, 1.82) is 0 Å². The minimum atomic E-state index is 0. The highest BCUT2D eigenvalue weighted by Gasteiger charge is 2.16. The Hall–Kier alpha value is -0.960. The van der Waals surface area contributed by atoms with E-state index in [1.54, 1.807) is 26.0 Å². The van der Waals surface area contributed by atoms with E-state index in [1.165, 1.54) is 0 Å². The average molecular weight is 478 g/mol. The monoisotopic (exact) mass is 478 g/mol. The number of aliphatic imine (C=N–C) groups is 1. The lowest BCUT2D eigenvalue weighted by atomic mass is 10.1. The molecule has 0 unspecified atom stereocenters. The molecule has 0 saturated heterocycles. The molecule has 5 nitrogen and oxygen atoms in total. The van der Waals surface area contributed by atoms with Crippen molar-refractivity contribution in [2.24, 2.45) is 4.99 Å². The number of carbonyl (C=O) groups is 1. The van der Waals surface area contributed by atoms with Crippen LogP contribution in [0.25, 0.3) is 0 Å². The van der Waals surface area contributed by atoms with E-state index in [9.17, 15) is 4.79 Å². The lowest BCUT2D eigenvalue weighted by molar-refractivity contribution is 0.0827. The fourth-order valence-electron chi connectivity index (χ4n) is 2.03. The summed E-state index contributed by atoms with van der Waals surface area (Å²) < 4.78 is 0.165. The largest absolute Gasteiger partial charge is 0.356 e. The predicted molar refractivity (Wildman–Crippen MR) is 121 cm³/mol. The van der Waals surface area contributed by atoms with Crippen molar-refractivity contribution in [3.8, 4) is 0 Å². The van der Waals surface area contributed by atoms with Gasteiger partial charge in [0.15, 0.2) is 5.96 Å². The maximum absolute atomic E-state index is 12.0. The molecular weight excluding hydrogens is 447 g/mol. The zero-order chi connectivity index (χ0) is 18.2. The molecule has 0 heterocycles. The smallest absolute Gasteiger partial charge is 0.253 e. The number of amides is 1. The van der Waals surface area contributed by atoms with Crippen LogP contribution in [-0.4, -0.2) is 62.0 Å². The number of nitrogens with zero attached hydrogens (tertiary/aromatic N) is 2. The minimum Gasteiger partial charge on any atom is -0.356 e. The second kappa shape index (κ2) is 11.6. The Balaban J connectivity index is 0.00000576. The van der Waals surface area contributed by atoms with Gasteiger partial charge < -0.3 is 15.5 Å². The number of guanidine groups is 1. The average Bonchev–Trinajstić information content (AvgIpc) is 2.57. The molecule has 0 aliphatic carbocycles. The van der Waals surface area contributed by atoms with Crippen LogP contribution in [0.2, 0.25) is 0 Å². The van der Waals surface area contributed by atoms with E-state index in [0.29, 0.717) is 0 Å². The summed E-state index contributed by atoms with van der Waals surface area (Å²) in [6.07, 6.45) is 2.95. The lowest BCUT2D eigenvalue weighted by Gasteiger charge is -2.23. The van der Waals surface area contributed by atoms with Gasteiger partial charge in [-0.25, -0.2) is 0 Å². The van der Waals surface area contributed by atoms with Crippen LogP contribution in [0.1, 0.15) is 29.8 Å². The fraction of sp³-hybridized carbons (Fsp3) is 0.556. The molecule has 0 bridgehead atoms. The van der Waals surface area contributed by atoms with Crippen molar-refractivity contribution in [2.75, 3.05) is 40.5 Å². The van der Waals surface area contributed by atoms with E-state index in [1.807, 2.05) is 36.0 Å². The Morgan fingerprint density at radius 1 is 1.28 bits per heavy atom. The number of benzene rings is 1. The van der Waals surface area contributed by atoms with Crippen molar-refractivity contribution in [3.05, 3.63) is 35.4 Å². The molecule has 0 radical (unpaired) electrons. The van der Waals surface area contributed by atoms with Crippen molar-refractivity contribution >= 4 is 47.6 Å². The van der Waals surface area contributed by atoms with Crippen LogP contribution in [0.3, 0.4) is 0 Å². The van der Waals surface area contributed by atoms with Crippen molar-refractivity contribution in [3.63, 3.8) is 0 Å². The van der Waals surface area contributed by atoms with Gasteiger partial charge in [-0.2, -0.15) is 11.8 Å². The fourth-order valence-corrected chi connectivity index (χ4v) is 2.25. The zero-order valence-corrected chi connectivity index (χ0v) is 19.2. The minimum absolute atomic E-state index is 0. The molecule has 25 heavy (non-hydrogen) atoms. The first-order chi connectivity index (χ1) is 11.3. The molecule has 0 spiro atoms. The van der Waals surface area contributed by atoms with Gasteiger partial charge >= 0.3 is 0 Å². The molecule has 7 heteroatoms. The van der Waals surface area contributed by atoms with Crippen molar-refractivity contribution in [1.82, 2.24) is 15.5 Å². The maximum atomic E-state index is 12.0. The summed E-state index contributed by atoms with van der Waals surface area (Å²) in [6.45, 7) is 6.01. The van der Waals surface area contributed by atoms with Gasteiger partial charge in [-0.1, -0.05) is 12.1 Å². The number of hydrogen-bond acceptors (Lipinski definition) is 3. The molecule has 142 valence electrons. The second-order valence-electron chi connectivity index (χ2n) is 6.47. The Kier molecular flexibility index (Phi) is 11.2. The number of rotatable bonds is 7. The van der Waals surface area contributed by atoms with E-state index in [0.717, 1.165) is 36.6 Å². The second-order valence-corrected chi connectivity index (χ2v) is 7.98. The third-order valence-electron chi connectivity index (χ3n) is 3.74. The van der Waals surface area contributed by atoms with Gasteiger partial charge in [-0.15, -0.1) is 24.0 Å². The molecule has 0 aliphatic rings. The molecule has 0 aromatic heterocycles. The zero-order valence-electron chi connectivity index (χ0n) is 16.0. The van der Waals surface area contributed by atoms with Gasteiger partial charge in [-0.05, 0) is 44.2 Å². The van der Waals surface area contributed by atoms with Gasteiger partial charge in [-0.3, -0.25) is 9.79 Å². The van der Waals surface area contributed by atoms with Crippen LogP contribution < -0.4 is 10.6 Å². The van der Waals surface area contributed by atoms with E-state index >= 15 is 0 Å². The Morgan fingerprint density at radius 2 is 1.96 bits per heavy atom. The van der Waals surface area contributed by atoms with E-state index in [-0.39, 0.29) is 34.6 Å². The van der Waals surface area contributed by atoms with Crippen LogP contribution in [0.15, 0.2) is 29.3 Å². The molecule has 1 rings (SSSR count). The first-order valence-corrected chi connectivity index (χ1v) is 9.32. The highest BCUT2D eigenvalue weighted by molar-refractivity contribution is 14.0. The van der Waals surface area contributed by atoms with E-state index in [2.05, 4.69) is 35.7 Å². The van der Waals surface area contributed by atoms with Gasteiger partial charge in [0, 0.05) is 44.5 Å². The van der Waals surface area contributed by atoms with Crippen LogP contribution in [-0.2, 0) is 6.42 Å². The topological polar surface area (TPSA) is 56.7 Å². The van der Waals surface area contributed by atoms with E-state index < -0.39 is 0 Å². The lowest BCUT2D eigenvalue weighted by Crippen LogP contribution is -2.43. The number of thioether (sulfide) groups is 1. The van der Waals surface area contributed by atoms with Crippen molar-refractivity contribution in [2.45, 2.75) is 25.0 Å². The molecule has 0 atom stereocenters. The highest BCUT2D eigenvalue weighted by Crippen LogP contribution is 2.19. The predicted octanol–water partition coefficient (Wildman–Crippen LogP) is 2.86. The third-order valence-corrected chi connectivity index (χ3v) is 4.99. The molecule has 0 aliphatic heterocycles. The van der Waals surface area contributed by atoms with E-state index in [4.69, 9.17) is 0 Å². The van der Waals surface area contributed by atoms with Gasteiger partial charge in [0.2, 0.25) is 0 Å². The number of carbonyl (C=O) groups excluding carboxylic acids is 1. The number of halogens is 1. The molecule has 1 aromatic rings. The van der Waals surface area contributed by atoms with Crippen LogP contribution in [0.5, 0.6) is 0 Å². The van der Waals surface area contributed by atoms with Gasteiger partial charge in [0.1, 0.15) is 0 Å². The first kappa shape index (κ1) is 24.0. The SMILES string of the molecule is CN=C(NCCc1cccc(C(=O)N(C)C)c1)NCC(C)(C)SC.I. The normalized spacial score (nSPS) is 11.5. The van der Waals surface area contributed by atoms with Crippen LogP contribution in [0.4, 0.5) is 0 Å². The summed E-state index contributed by atoms with van der Waals surface area (Å²) in [6, 6.07) is 7.78. The summed E-state index contributed by atoms with van der Waals surface area (Å²) in [5.74, 6) is 0.833.